The normalized spacial score (nSPS) is 30.2. The summed E-state index contributed by atoms with van der Waals surface area (Å²) in [5.41, 5.74) is 6.43. The first-order chi connectivity index (χ1) is 8.13. The van der Waals surface area contributed by atoms with Gasteiger partial charge in [-0.25, -0.2) is 0 Å². The molecule has 0 saturated heterocycles. The second kappa shape index (κ2) is 6.75. The standard InChI is InChI=1S/C15H32N2/c1-5-13-8-10-15(12-16,11-9-13)17(4)14(6-2)7-3/h13-14H,5-12,16H2,1-4H3. The summed E-state index contributed by atoms with van der Waals surface area (Å²) in [7, 11) is 2.30. The van der Waals surface area contributed by atoms with Crippen molar-refractivity contribution in [3.8, 4) is 0 Å². The van der Waals surface area contributed by atoms with Crippen LogP contribution in [0.3, 0.4) is 0 Å². The van der Waals surface area contributed by atoms with Crippen molar-refractivity contribution in [1.82, 2.24) is 4.90 Å². The van der Waals surface area contributed by atoms with Crippen LogP contribution in [0.5, 0.6) is 0 Å². The zero-order valence-electron chi connectivity index (χ0n) is 12.3. The van der Waals surface area contributed by atoms with Gasteiger partial charge in [0.2, 0.25) is 0 Å². The van der Waals surface area contributed by atoms with Gasteiger partial charge in [0.25, 0.3) is 0 Å². The van der Waals surface area contributed by atoms with Crippen molar-refractivity contribution in [2.75, 3.05) is 13.6 Å². The number of hydrogen-bond acceptors (Lipinski definition) is 2. The maximum absolute atomic E-state index is 6.13. The van der Waals surface area contributed by atoms with E-state index in [2.05, 4.69) is 32.7 Å². The highest BCUT2D eigenvalue weighted by Crippen LogP contribution is 2.38. The molecule has 2 N–H and O–H groups in total. The summed E-state index contributed by atoms with van der Waals surface area (Å²) in [4.78, 5) is 2.61. The fraction of sp³-hybridized carbons (Fsp3) is 1.00. The third kappa shape index (κ3) is 3.23. The van der Waals surface area contributed by atoms with Gasteiger partial charge >= 0.3 is 0 Å². The quantitative estimate of drug-likeness (QED) is 0.771. The van der Waals surface area contributed by atoms with Gasteiger partial charge in [0.15, 0.2) is 0 Å². The van der Waals surface area contributed by atoms with Crippen LogP contribution in [0.4, 0.5) is 0 Å². The van der Waals surface area contributed by atoms with Crippen LogP contribution in [-0.2, 0) is 0 Å². The number of nitrogens with zero attached hydrogens (tertiary/aromatic N) is 1. The topological polar surface area (TPSA) is 29.3 Å². The Hall–Kier alpha value is -0.0800. The highest BCUT2D eigenvalue weighted by molar-refractivity contribution is 4.96. The third-order valence-corrected chi connectivity index (χ3v) is 5.23. The Morgan fingerprint density at radius 3 is 2.06 bits per heavy atom. The van der Waals surface area contributed by atoms with Crippen LogP contribution >= 0.6 is 0 Å². The number of hydrogen-bond donors (Lipinski definition) is 1. The lowest BCUT2D eigenvalue weighted by Gasteiger charge is -2.49. The average Bonchev–Trinajstić information content (AvgIpc) is 2.40. The van der Waals surface area contributed by atoms with E-state index in [4.69, 9.17) is 5.73 Å². The molecule has 0 atom stereocenters. The molecule has 0 heterocycles. The average molecular weight is 240 g/mol. The predicted octanol–water partition coefficient (Wildman–Crippen LogP) is 3.40. The molecule has 0 aliphatic heterocycles. The van der Waals surface area contributed by atoms with E-state index in [0.29, 0.717) is 11.6 Å². The maximum atomic E-state index is 6.13. The lowest BCUT2D eigenvalue weighted by atomic mass is 9.74. The summed E-state index contributed by atoms with van der Waals surface area (Å²) < 4.78 is 0. The molecule has 1 saturated carbocycles. The highest BCUT2D eigenvalue weighted by Gasteiger charge is 2.39. The van der Waals surface area contributed by atoms with Gasteiger partial charge in [-0.05, 0) is 51.5 Å². The molecule has 0 aromatic heterocycles. The summed E-state index contributed by atoms with van der Waals surface area (Å²) >= 11 is 0. The summed E-state index contributed by atoms with van der Waals surface area (Å²) in [6, 6.07) is 0.705. The van der Waals surface area contributed by atoms with Crippen molar-refractivity contribution >= 4 is 0 Å². The lowest BCUT2D eigenvalue weighted by molar-refractivity contribution is 0.0266. The number of nitrogens with two attached hydrogens (primary N) is 1. The van der Waals surface area contributed by atoms with Crippen LogP contribution in [0, 0.1) is 5.92 Å². The number of likely N-dealkylation sites (N-methyl/N-ethyl adjacent to an activating group) is 1. The van der Waals surface area contributed by atoms with Crippen LogP contribution in [0.15, 0.2) is 0 Å². The van der Waals surface area contributed by atoms with E-state index in [1.54, 1.807) is 0 Å². The first-order valence-corrected chi connectivity index (χ1v) is 7.56. The molecule has 0 spiro atoms. The molecule has 0 bridgehead atoms. The second-order valence-electron chi connectivity index (χ2n) is 5.86. The lowest BCUT2D eigenvalue weighted by Crippen LogP contribution is -2.57. The fourth-order valence-corrected chi connectivity index (χ4v) is 3.55. The smallest absolute Gasteiger partial charge is 0.0331 e. The van der Waals surface area contributed by atoms with E-state index in [-0.39, 0.29) is 0 Å². The molecule has 0 aromatic rings. The van der Waals surface area contributed by atoms with E-state index in [0.717, 1.165) is 12.5 Å². The van der Waals surface area contributed by atoms with Crippen molar-refractivity contribution < 1.29 is 0 Å². The molecule has 1 rings (SSSR count). The third-order valence-electron chi connectivity index (χ3n) is 5.23. The van der Waals surface area contributed by atoms with Crippen LogP contribution in [0.1, 0.15) is 65.7 Å². The summed E-state index contributed by atoms with van der Waals surface area (Å²) in [5, 5.41) is 0. The molecule has 17 heavy (non-hydrogen) atoms. The van der Waals surface area contributed by atoms with E-state index in [9.17, 15) is 0 Å². The van der Waals surface area contributed by atoms with Crippen LogP contribution in [0.25, 0.3) is 0 Å². The van der Waals surface area contributed by atoms with Gasteiger partial charge in [-0.3, -0.25) is 4.90 Å². The molecule has 0 aromatic carbocycles. The molecule has 1 fully saturated rings. The minimum absolute atomic E-state index is 0.294. The van der Waals surface area contributed by atoms with Crippen molar-refractivity contribution in [3.63, 3.8) is 0 Å². The molecule has 2 nitrogen and oxygen atoms in total. The van der Waals surface area contributed by atoms with Gasteiger partial charge < -0.3 is 5.73 Å². The molecular formula is C15H32N2. The number of rotatable bonds is 6. The molecule has 102 valence electrons. The van der Waals surface area contributed by atoms with E-state index in [1.165, 1.54) is 44.9 Å². The predicted molar refractivity (Wildman–Crippen MR) is 76.2 cm³/mol. The van der Waals surface area contributed by atoms with Gasteiger partial charge in [0.1, 0.15) is 0 Å². The van der Waals surface area contributed by atoms with Crippen LogP contribution in [0.2, 0.25) is 0 Å². The SMILES string of the molecule is CCC1CCC(CN)(N(C)C(CC)CC)CC1. The van der Waals surface area contributed by atoms with Gasteiger partial charge in [-0.1, -0.05) is 27.2 Å². The Morgan fingerprint density at radius 1 is 1.18 bits per heavy atom. The first kappa shape index (κ1) is 15.0. The molecule has 0 radical (unpaired) electrons. The highest BCUT2D eigenvalue weighted by atomic mass is 15.2. The van der Waals surface area contributed by atoms with E-state index >= 15 is 0 Å². The monoisotopic (exact) mass is 240 g/mol. The second-order valence-corrected chi connectivity index (χ2v) is 5.86. The zero-order valence-corrected chi connectivity index (χ0v) is 12.3. The summed E-state index contributed by atoms with van der Waals surface area (Å²) in [5.74, 6) is 0.949. The molecule has 2 heteroatoms. The maximum Gasteiger partial charge on any atom is 0.0331 e. The summed E-state index contributed by atoms with van der Waals surface area (Å²) in [6.45, 7) is 7.75. The van der Waals surface area contributed by atoms with Crippen molar-refractivity contribution in [3.05, 3.63) is 0 Å². The Bertz CT molecular complexity index is 203. The van der Waals surface area contributed by atoms with E-state index < -0.39 is 0 Å². The van der Waals surface area contributed by atoms with Crippen LogP contribution < -0.4 is 5.73 Å². The van der Waals surface area contributed by atoms with E-state index in [1.807, 2.05) is 0 Å². The molecule has 1 aliphatic rings. The van der Waals surface area contributed by atoms with Gasteiger partial charge in [0.05, 0.1) is 0 Å². The molecule has 1 aliphatic carbocycles. The largest absolute Gasteiger partial charge is 0.329 e. The minimum Gasteiger partial charge on any atom is -0.329 e. The van der Waals surface area contributed by atoms with Gasteiger partial charge in [-0.2, -0.15) is 0 Å². The van der Waals surface area contributed by atoms with Crippen LogP contribution in [-0.4, -0.2) is 30.1 Å². The van der Waals surface area contributed by atoms with Gasteiger partial charge in [-0.15, -0.1) is 0 Å². The molecule has 0 amide bonds. The van der Waals surface area contributed by atoms with Gasteiger partial charge in [0, 0.05) is 18.1 Å². The molecule has 0 unspecified atom stereocenters. The van der Waals surface area contributed by atoms with Crippen molar-refractivity contribution in [2.24, 2.45) is 11.7 Å². The zero-order chi connectivity index (χ0) is 12.9. The first-order valence-electron chi connectivity index (χ1n) is 7.56. The minimum atomic E-state index is 0.294. The Balaban J connectivity index is 2.69. The Morgan fingerprint density at radius 2 is 1.71 bits per heavy atom. The summed E-state index contributed by atoms with van der Waals surface area (Å²) in [6.07, 6.45) is 9.17. The molecular weight excluding hydrogens is 208 g/mol. The fourth-order valence-electron chi connectivity index (χ4n) is 3.55. The Kier molecular flexibility index (Phi) is 5.94. The Labute approximate surface area is 108 Å². The van der Waals surface area contributed by atoms with Crippen molar-refractivity contribution in [2.45, 2.75) is 77.3 Å². The van der Waals surface area contributed by atoms with Crippen molar-refractivity contribution in [1.29, 1.82) is 0 Å².